The fourth-order valence-electron chi connectivity index (χ4n) is 2.24. The Balaban J connectivity index is 2.05. The zero-order chi connectivity index (χ0) is 13.9. The van der Waals surface area contributed by atoms with Gasteiger partial charge in [0.2, 0.25) is 5.91 Å². The van der Waals surface area contributed by atoms with E-state index in [0.717, 1.165) is 12.8 Å². The molecule has 1 aliphatic carbocycles. The van der Waals surface area contributed by atoms with Crippen molar-refractivity contribution in [2.24, 2.45) is 11.7 Å². The second-order valence-corrected chi connectivity index (χ2v) is 6.39. The van der Waals surface area contributed by atoms with E-state index in [0.29, 0.717) is 25.6 Å². The topological polar surface area (TPSA) is 55.6 Å². The molecule has 1 aliphatic rings. The summed E-state index contributed by atoms with van der Waals surface area (Å²) in [6.07, 6.45) is 2.13. The summed E-state index contributed by atoms with van der Waals surface area (Å²) in [5.74, 6) is 0.383. The molecule has 4 nitrogen and oxygen atoms in total. The zero-order valence-corrected chi connectivity index (χ0v) is 12.4. The minimum absolute atomic E-state index is 0.0421. The standard InChI is InChI=1S/C14H22N2O2S/c1-14(15,11-5-6-11)13(17)16(7-8-18-2)10-12-4-3-9-19-12/h3-4,9,11H,5-8,10,15H2,1-2H3. The number of rotatable bonds is 7. The van der Waals surface area contributed by atoms with Crippen LogP contribution < -0.4 is 5.73 Å². The molecule has 1 aromatic rings. The molecule has 0 aromatic carbocycles. The predicted octanol–water partition coefficient (Wildman–Crippen LogP) is 1.85. The number of hydrogen-bond donors (Lipinski definition) is 1. The van der Waals surface area contributed by atoms with Crippen molar-refractivity contribution in [2.75, 3.05) is 20.3 Å². The number of hydrogen-bond acceptors (Lipinski definition) is 4. The van der Waals surface area contributed by atoms with E-state index >= 15 is 0 Å². The Labute approximate surface area is 118 Å². The lowest BCUT2D eigenvalue weighted by Gasteiger charge is -2.31. The summed E-state index contributed by atoms with van der Waals surface area (Å²) in [7, 11) is 1.65. The molecular formula is C14H22N2O2S. The molecule has 1 saturated carbocycles. The highest BCUT2D eigenvalue weighted by atomic mass is 32.1. The molecule has 0 aliphatic heterocycles. The number of thiophene rings is 1. The monoisotopic (exact) mass is 282 g/mol. The van der Waals surface area contributed by atoms with E-state index in [1.807, 2.05) is 29.3 Å². The lowest BCUT2D eigenvalue weighted by molar-refractivity contribution is -0.138. The third-order valence-corrected chi connectivity index (χ3v) is 4.53. The van der Waals surface area contributed by atoms with Crippen LogP contribution in [0.3, 0.4) is 0 Å². The third-order valence-electron chi connectivity index (χ3n) is 3.67. The first-order valence-electron chi connectivity index (χ1n) is 6.65. The van der Waals surface area contributed by atoms with E-state index in [1.54, 1.807) is 18.4 Å². The Kier molecular flexibility index (Phi) is 4.60. The number of carbonyl (C=O) groups excluding carboxylic acids is 1. The van der Waals surface area contributed by atoms with Crippen LogP contribution in [0, 0.1) is 5.92 Å². The number of amides is 1. The lowest BCUT2D eigenvalue weighted by Crippen LogP contribution is -2.55. The Morgan fingerprint density at radius 3 is 2.89 bits per heavy atom. The molecule has 1 fully saturated rings. The fourth-order valence-corrected chi connectivity index (χ4v) is 2.96. The van der Waals surface area contributed by atoms with Gasteiger partial charge in [0, 0.05) is 18.5 Å². The molecule has 1 atom stereocenters. The van der Waals surface area contributed by atoms with Crippen LogP contribution in [0.1, 0.15) is 24.6 Å². The van der Waals surface area contributed by atoms with Gasteiger partial charge in [0.05, 0.1) is 18.7 Å². The maximum absolute atomic E-state index is 12.6. The molecule has 2 N–H and O–H groups in total. The van der Waals surface area contributed by atoms with Gasteiger partial charge in [0.25, 0.3) is 0 Å². The number of ether oxygens (including phenoxy) is 1. The van der Waals surface area contributed by atoms with E-state index in [1.165, 1.54) is 4.88 Å². The molecule has 1 amide bonds. The van der Waals surface area contributed by atoms with Gasteiger partial charge in [-0.25, -0.2) is 0 Å². The highest BCUT2D eigenvalue weighted by molar-refractivity contribution is 7.09. The van der Waals surface area contributed by atoms with Crippen molar-refractivity contribution in [3.05, 3.63) is 22.4 Å². The minimum Gasteiger partial charge on any atom is -0.383 e. The summed E-state index contributed by atoms with van der Waals surface area (Å²) in [5, 5.41) is 2.02. The quantitative estimate of drug-likeness (QED) is 0.830. The predicted molar refractivity (Wildman–Crippen MR) is 76.9 cm³/mol. The van der Waals surface area contributed by atoms with Crippen LogP contribution in [0.4, 0.5) is 0 Å². The van der Waals surface area contributed by atoms with Crippen molar-refractivity contribution in [1.29, 1.82) is 0 Å². The maximum atomic E-state index is 12.6. The molecule has 0 saturated heterocycles. The summed E-state index contributed by atoms with van der Waals surface area (Å²) < 4.78 is 5.10. The van der Waals surface area contributed by atoms with E-state index in [4.69, 9.17) is 10.5 Å². The smallest absolute Gasteiger partial charge is 0.243 e. The molecular weight excluding hydrogens is 260 g/mol. The van der Waals surface area contributed by atoms with Crippen LogP contribution in [-0.4, -0.2) is 36.6 Å². The van der Waals surface area contributed by atoms with Crippen molar-refractivity contribution >= 4 is 17.2 Å². The average molecular weight is 282 g/mol. The van der Waals surface area contributed by atoms with Gasteiger partial charge < -0.3 is 15.4 Å². The van der Waals surface area contributed by atoms with E-state index in [-0.39, 0.29) is 5.91 Å². The molecule has 0 bridgehead atoms. The zero-order valence-electron chi connectivity index (χ0n) is 11.6. The maximum Gasteiger partial charge on any atom is 0.243 e. The number of nitrogens with two attached hydrogens (primary N) is 1. The van der Waals surface area contributed by atoms with Gasteiger partial charge in [-0.15, -0.1) is 11.3 Å². The second kappa shape index (κ2) is 6.03. The number of methoxy groups -OCH3 is 1. The number of nitrogens with zero attached hydrogens (tertiary/aromatic N) is 1. The van der Waals surface area contributed by atoms with Crippen molar-refractivity contribution in [2.45, 2.75) is 31.8 Å². The van der Waals surface area contributed by atoms with Crippen molar-refractivity contribution < 1.29 is 9.53 Å². The first kappa shape index (κ1) is 14.5. The van der Waals surface area contributed by atoms with Gasteiger partial charge in [-0.05, 0) is 37.1 Å². The molecule has 19 heavy (non-hydrogen) atoms. The highest BCUT2D eigenvalue weighted by Gasteiger charge is 2.45. The Morgan fingerprint density at radius 1 is 1.63 bits per heavy atom. The SMILES string of the molecule is COCCN(Cc1cccs1)C(=O)C(C)(N)C1CC1. The van der Waals surface area contributed by atoms with Crippen molar-refractivity contribution in [3.63, 3.8) is 0 Å². The van der Waals surface area contributed by atoms with Gasteiger partial charge in [0.1, 0.15) is 0 Å². The Morgan fingerprint density at radius 2 is 2.37 bits per heavy atom. The molecule has 1 heterocycles. The van der Waals surface area contributed by atoms with Crippen LogP contribution in [0.25, 0.3) is 0 Å². The minimum atomic E-state index is -0.731. The fraction of sp³-hybridized carbons (Fsp3) is 0.643. The number of carbonyl (C=O) groups is 1. The van der Waals surface area contributed by atoms with E-state index in [9.17, 15) is 4.79 Å². The van der Waals surface area contributed by atoms with Gasteiger partial charge in [-0.1, -0.05) is 6.07 Å². The molecule has 2 rings (SSSR count). The highest BCUT2D eigenvalue weighted by Crippen LogP contribution is 2.39. The summed E-state index contributed by atoms with van der Waals surface area (Å²) in [6.45, 7) is 3.62. The second-order valence-electron chi connectivity index (χ2n) is 5.36. The normalized spacial score (nSPS) is 18.1. The van der Waals surface area contributed by atoms with Crippen molar-refractivity contribution in [1.82, 2.24) is 4.90 Å². The van der Waals surface area contributed by atoms with Gasteiger partial charge in [-0.2, -0.15) is 0 Å². The summed E-state index contributed by atoms with van der Waals surface area (Å²) >= 11 is 1.66. The third kappa shape index (κ3) is 3.55. The molecule has 0 spiro atoms. The first-order chi connectivity index (χ1) is 9.05. The molecule has 1 aromatic heterocycles. The van der Waals surface area contributed by atoms with E-state index in [2.05, 4.69) is 0 Å². The van der Waals surface area contributed by atoms with E-state index < -0.39 is 5.54 Å². The summed E-state index contributed by atoms with van der Waals surface area (Å²) in [4.78, 5) is 15.6. The van der Waals surface area contributed by atoms with Crippen LogP contribution >= 0.6 is 11.3 Å². The van der Waals surface area contributed by atoms with Crippen molar-refractivity contribution in [3.8, 4) is 0 Å². The van der Waals surface area contributed by atoms with Crippen LogP contribution in [0.2, 0.25) is 0 Å². The molecule has 1 unspecified atom stereocenters. The molecule has 106 valence electrons. The Hall–Kier alpha value is -0.910. The van der Waals surface area contributed by atoms with Gasteiger partial charge >= 0.3 is 0 Å². The van der Waals surface area contributed by atoms with Crippen LogP contribution in [0.5, 0.6) is 0 Å². The molecule has 0 radical (unpaired) electrons. The first-order valence-corrected chi connectivity index (χ1v) is 7.53. The summed E-state index contributed by atoms with van der Waals surface area (Å²) in [5.41, 5.74) is 5.51. The van der Waals surface area contributed by atoms with Crippen LogP contribution in [0.15, 0.2) is 17.5 Å². The van der Waals surface area contributed by atoms with Gasteiger partial charge in [-0.3, -0.25) is 4.79 Å². The van der Waals surface area contributed by atoms with Crippen LogP contribution in [-0.2, 0) is 16.1 Å². The van der Waals surface area contributed by atoms with Gasteiger partial charge in [0.15, 0.2) is 0 Å². The lowest BCUT2D eigenvalue weighted by atomic mass is 9.95. The summed E-state index contributed by atoms with van der Waals surface area (Å²) in [6, 6.07) is 4.05. The Bertz CT molecular complexity index is 413. The average Bonchev–Trinajstić information content (AvgIpc) is 3.13. The molecule has 5 heteroatoms. The largest absolute Gasteiger partial charge is 0.383 e.